The molecular formula is C13H20N6O3S2Si. The highest BCUT2D eigenvalue weighted by Gasteiger charge is 2.52. The normalized spacial score (nSPS) is 23.4. The fourth-order valence-electron chi connectivity index (χ4n) is 2.50. The van der Waals surface area contributed by atoms with Crippen LogP contribution in [0, 0.1) is 0 Å². The summed E-state index contributed by atoms with van der Waals surface area (Å²) in [6.07, 6.45) is 0. The summed E-state index contributed by atoms with van der Waals surface area (Å²) in [7, 11) is -0.338. The Morgan fingerprint density at radius 3 is 2.80 bits per heavy atom. The van der Waals surface area contributed by atoms with E-state index in [4.69, 9.17) is 10.2 Å². The number of hydrogen-bond acceptors (Lipinski definition) is 9. The number of amides is 1. The average molecular weight is 401 g/mol. The number of aryl methyl sites for hydroxylation is 1. The molecule has 9 nitrogen and oxygen atoms in total. The lowest BCUT2D eigenvalue weighted by molar-refractivity contribution is -0.147. The van der Waals surface area contributed by atoms with Crippen molar-refractivity contribution in [3.05, 3.63) is 11.3 Å². The van der Waals surface area contributed by atoms with Crippen molar-refractivity contribution in [2.24, 2.45) is 12.8 Å². The van der Waals surface area contributed by atoms with E-state index in [-0.39, 0.29) is 11.3 Å². The minimum Gasteiger partial charge on any atom is -0.515 e. The van der Waals surface area contributed by atoms with Crippen LogP contribution >= 0.6 is 23.5 Å². The van der Waals surface area contributed by atoms with Gasteiger partial charge < -0.3 is 10.2 Å². The highest BCUT2D eigenvalue weighted by molar-refractivity contribution is 8.01. The molecule has 1 amide bonds. The molecule has 3 heterocycles. The minimum absolute atomic E-state index is 0.193. The van der Waals surface area contributed by atoms with Crippen molar-refractivity contribution in [2.45, 2.75) is 36.2 Å². The Hall–Kier alpha value is -1.37. The Morgan fingerprint density at radius 2 is 2.20 bits per heavy atom. The summed E-state index contributed by atoms with van der Waals surface area (Å²) in [4.78, 5) is 26.5. The van der Waals surface area contributed by atoms with Gasteiger partial charge in [-0.2, -0.15) is 0 Å². The zero-order valence-corrected chi connectivity index (χ0v) is 17.1. The number of nitrogens with zero attached hydrogens (tertiary/aromatic N) is 5. The third kappa shape index (κ3) is 3.61. The van der Waals surface area contributed by atoms with E-state index in [9.17, 15) is 9.59 Å². The summed E-state index contributed by atoms with van der Waals surface area (Å²) in [6, 6.07) is -0.558. The van der Waals surface area contributed by atoms with E-state index in [0.717, 1.165) is 5.57 Å². The van der Waals surface area contributed by atoms with Gasteiger partial charge in [-0.15, -0.1) is 16.9 Å². The summed E-state index contributed by atoms with van der Waals surface area (Å²) < 4.78 is 7.21. The van der Waals surface area contributed by atoms with Crippen LogP contribution in [0.25, 0.3) is 0 Å². The first-order valence-electron chi connectivity index (χ1n) is 7.70. The maximum Gasteiger partial charge on any atom is 0.341 e. The third-order valence-corrected chi connectivity index (χ3v) is 6.89. The van der Waals surface area contributed by atoms with Crippen LogP contribution in [0.1, 0.15) is 0 Å². The van der Waals surface area contributed by atoms with E-state index in [1.807, 2.05) is 19.6 Å². The van der Waals surface area contributed by atoms with Crippen LogP contribution in [0.2, 0.25) is 19.6 Å². The zero-order valence-electron chi connectivity index (χ0n) is 14.4. The van der Waals surface area contributed by atoms with Gasteiger partial charge in [-0.25, -0.2) is 9.48 Å². The van der Waals surface area contributed by atoms with Crippen molar-refractivity contribution in [2.75, 3.05) is 11.5 Å². The molecule has 0 aliphatic carbocycles. The molecule has 0 spiro atoms. The lowest BCUT2D eigenvalue weighted by Gasteiger charge is -2.48. The number of aromatic nitrogens is 4. The minimum atomic E-state index is -2.09. The molecule has 1 aromatic rings. The fraction of sp³-hybridized carbons (Fsp3) is 0.615. The van der Waals surface area contributed by atoms with Gasteiger partial charge in [0.2, 0.25) is 19.4 Å². The second kappa shape index (κ2) is 6.74. The molecule has 1 unspecified atom stereocenters. The topological polar surface area (TPSA) is 116 Å². The molecule has 1 saturated heterocycles. The van der Waals surface area contributed by atoms with E-state index in [1.54, 1.807) is 23.5 Å². The van der Waals surface area contributed by atoms with Crippen LogP contribution in [0.4, 0.5) is 0 Å². The van der Waals surface area contributed by atoms with Crippen LogP contribution in [-0.2, 0) is 21.1 Å². The van der Waals surface area contributed by atoms with E-state index >= 15 is 0 Å². The molecule has 0 saturated carbocycles. The summed E-state index contributed by atoms with van der Waals surface area (Å²) >= 11 is 2.99. The Morgan fingerprint density at radius 1 is 1.48 bits per heavy atom. The van der Waals surface area contributed by atoms with E-state index < -0.39 is 20.3 Å². The molecule has 2 aliphatic heterocycles. The molecule has 136 valence electrons. The number of fused-ring (bicyclic) bond motifs is 1. The second-order valence-electron chi connectivity index (χ2n) is 6.76. The molecule has 3 rings (SSSR count). The Bertz CT molecular complexity index is 746. The second-order valence-corrected chi connectivity index (χ2v) is 13.2. The zero-order chi connectivity index (χ0) is 18.4. The largest absolute Gasteiger partial charge is 0.515 e. The fourth-order valence-corrected chi connectivity index (χ4v) is 5.44. The van der Waals surface area contributed by atoms with Crippen molar-refractivity contribution >= 4 is 43.7 Å². The number of carbonyl (C=O) groups excluding carboxylic acids is 2. The molecule has 0 radical (unpaired) electrons. The van der Waals surface area contributed by atoms with Gasteiger partial charge in [0.05, 0.1) is 0 Å². The number of carbonyl (C=O) groups is 2. The molecule has 0 bridgehead atoms. The Balaban J connectivity index is 1.87. The lowest BCUT2D eigenvalue weighted by Crippen LogP contribution is -2.68. The molecular weight excluding hydrogens is 380 g/mol. The van der Waals surface area contributed by atoms with Gasteiger partial charge in [-0.3, -0.25) is 9.69 Å². The van der Waals surface area contributed by atoms with Crippen molar-refractivity contribution < 1.29 is 14.0 Å². The predicted octanol–water partition coefficient (Wildman–Crippen LogP) is 0.177. The number of nitrogens with two attached hydrogens (primary N) is 1. The maximum absolute atomic E-state index is 12.8. The molecule has 2 N–H and O–H groups in total. The van der Waals surface area contributed by atoms with Gasteiger partial charge in [0.15, 0.2) is 0 Å². The van der Waals surface area contributed by atoms with Gasteiger partial charge in [0.1, 0.15) is 17.1 Å². The maximum atomic E-state index is 12.8. The quantitative estimate of drug-likeness (QED) is 0.419. The van der Waals surface area contributed by atoms with Gasteiger partial charge >= 0.3 is 5.97 Å². The molecule has 2 aliphatic rings. The smallest absolute Gasteiger partial charge is 0.341 e. The molecule has 12 heteroatoms. The van der Waals surface area contributed by atoms with Crippen LogP contribution < -0.4 is 5.73 Å². The molecule has 1 fully saturated rings. The Labute approximate surface area is 154 Å². The van der Waals surface area contributed by atoms with Gasteiger partial charge in [0.25, 0.3) is 0 Å². The van der Waals surface area contributed by atoms with Gasteiger partial charge in [-0.05, 0) is 35.6 Å². The van der Waals surface area contributed by atoms with Crippen LogP contribution in [0.3, 0.4) is 0 Å². The summed E-state index contributed by atoms with van der Waals surface area (Å²) in [6.45, 7) is 5.80. The standard InChI is InChI=1S/C13H20N6O3S2Si/c1-18-13(15-16-17-18)24-6-7-5-23-11-8(14)10(20)19(11)9(7)12(21)22-25(2,3)4/h8,11H,5-6,14H2,1-4H3/t8?,11-/m1/s1. The van der Waals surface area contributed by atoms with Crippen molar-refractivity contribution in [3.63, 3.8) is 0 Å². The summed E-state index contributed by atoms with van der Waals surface area (Å²) in [5, 5.41) is 11.8. The molecule has 2 atom stereocenters. The third-order valence-electron chi connectivity index (χ3n) is 3.64. The number of hydrogen-bond donors (Lipinski definition) is 1. The predicted molar refractivity (Wildman–Crippen MR) is 97.1 cm³/mol. The van der Waals surface area contributed by atoms with Gasteiger partial charge in [-0.1, -0.05) is 11.8 Å². The average Bonchev–Trinajstić information content (AvgIpc) is 2.94. The van der Waals surface area contributed by atoms with Crippen molar-refractivity contribution in [1.29, 1.82) is 0 Å². The van der Waals surface area contributed by atoms with Crippen molar-refractivity contribution in [1.82, 2.24) is 25.1 Å². The highest BCUT2D eigenvalue weighted by Crippen LogP contribution is 2.41. The van der Waals surface area contributed by atoms with E-state index in [2.05, 4.69) is 15.5 Å². The number of rotatable bonds is 5. The van der Waals surface area contributed by atoms with Crippen molar-refractivity contribution in [3.8, 4) is 0 Å². The molecule has 0 aromatic carbocycles. The molecule has 25 heavy (non-hydrogen) atoms. The van der Waals surface area contributed by atoms with Gasteiger partial charge in [0, 0.05) is 18.6 Å². The first-order chi connectivity index (χ1) is 11.7. The summed E-state index contributed by atoms with van der Waals surface area (Å²) in [5.74, 6) is 0.457. The van der Waals surface area contributed by atoms with E-state index in [0.29, 0.717) is 22.4 Å². The van der Waals surface area contributed by atoms with Crippen LogP contribution in [-0.4, -0.2) is 68.2 Å². The number of thioether (sulfide) groups is 2. The van der Waals surface area contributed by atoms with E-state index in [1.165, 1.54) is 16.7 Å². The monoisotopic (exact) mass is 400 g/mol. The number of tetrazole rings is 1. The Kier molecular flexibility index (Phi) is 4.97. The van der Waals surface area contributed by atoms with Crippen LogP contribution in [0.5, 0.6) is 0 Å². The highest BCUT2D eigenvalue weighted by atomic mass is 32.2. The first-order valence-corrected chi connectivity index (χ1v) is 13.1. The summed E-state index contributed by atoms with van der Waals surface area (Å²) in [5.41, 5.74) is 7.06. The SMILES string of the molecule is Cn1nnnc1SCC1=C(C(=O)O[Si](C)(C)C)N2C(=O)C(N)[C@H]2SC1. The van der Waals surface area contributed by atoms with Crippen LogP contribution in [0.15, 0.2) is 16.4 Å². The number of β-lactam (4-membered cyclic amide) rings is 1. The first kappa shape index (κ1) is 18.4. The molecule has 1 aromatic heterocycles. The lowest BCUT2D eigenvalue weighted by atomic mass is 10.0.